The first-order chi connectivity index (χ1) is 10.6. The fraction of sp³-hybridized carbons (Fsp3) is 0.611. The fourth-order valence-electron chi connectivity index (χ4n) is 3.76. The molecule has 1 heterocycles. The summed E-state index contributed by atoms with van der Waals surface area (Å²) >= 11 is 0. The van der Waals surface area contributed by atoms with Crippen molar-refractivity contribution in [2.45, 2.75) is 45.4 Å². The van der Waals surface area contributed by atoms with Crippen molar-refractivity contribution >= 4 is 24.0 Å². The van der Waals surface area contributed by atoms with Crippen molar-refractivity contribution in [3.63, 3.8) is 0 Å². The van der Waals surface area contributed by atoms with Crippen LogP contribution >= 0.6 is 12.4 Å². The Balaban J connectivity index is 0.00000192. The number of hydrogen-bond acceptors (Lipinski definition) is 3. The van der Waals surface area contributed by atoms with Crippen LogP contribution in [0, 0.1) is 12.3 Å². The van der Waals surface area contributed by atoms with Gasteiger partial charge in [0.2, 0.25) is 5.91 Å². The number of benzene rings is 1. The molecular weight excluding hydrogens is 312 g/mol. The number of hydrogen-bond donors (Lipinski definition) is 1. The minimum Gasteiger partial charge on any atom is -0.490 e. The van der Waals surface area contributed by atoms with Gasteiger partial charge in [-0.1, -0.05) is 25.3 Å². The van der Waals surface area contributed by atoms with E-state index in [0.29, 0.717) is 26.1 Å². The summed E-state index contributed by atoms with van der Waals surface area (Å²) in [5, 5.41) is 0. The number of fused-ring (bicyclic) bond motifs is 1. The number of amides is 1. The maximum absolute atomic E-state index is 12.9. The van der Waals surface area contributed by atoms with Gasteiger partial charge in [0.1, 0.15) is 12.4 Å². The number of carbonyl (C=O) groups excluding carboxylic acids is 1. The van der Waals surface area contributed by atoms with Crippen molar-refractivity contribution in [1.82, 2.24) is 0 Å². The third-order valence-electron chi connectivity index (χ3n) is 5.15. The number of carbonyl (C=O) groups is 1. The molecule has 0 spiro atoms. The molecule has 1 aromatic carbocycles. The Labute approximate surface area is 144 Å². The van der Waals surface area contributed by atoms with Crippen molar-refractivity contribution < 1.29 is 9.53 Å². The molecule has 0 bridgehead atoms. The minimum absolute atomic E-state index is 0. The predicted molar refractivity (Wildman–Crippen MR) is 95.5 cm³/mol. The zero-order valence-electron chi connectivity index (χ0n) is 13.8. The van der Waals surface area contributed by atoms with Crippen LogP contribution in [0.25, 0.3) is 0 Å². The number of nitrogens with zero attached hydrogens (tertiary/aromatic N) is 1. The molecule has 1 saturated carbocycles. The lowest BCUT2D eigenvalue weighted by Crippen LogP contribution is -2.43. The molecule has 2 aliphatic rings. The zero-order valence-corrected chi connectivity index (χ0v) is 14.7. The first-order valence-corrected chi connectivity index (χ1v) is 8.37. The lowest BCUT2D eigenvalue weighted by molar-refractivity contribution is -0.121. The average Bonchev–Trinajstić information content (AvgIpc) is 2.54. The maximum atomic E-state index is 12.9. The van der Waals surface area contributed by atoms with Crippen LogP contribution in [0.15, 0.2) is 18.2 Å². The van der Waals surface area contributed by atoms with Crippen molar-refractivity contribution in [3.05, 3.63) is 23.8 Å². The second-order valence-corrected chi connectivity index (χ2v) is 6.81. The van der Waals surface area contributed by atoms with Crippen LogP contribution in [-0.2, 0) is 4.79 Å². The molecule has 1 aliphatic carbocycles. The summed E-state index contributed by atoms with van der Waals surface area (Å²) in [7, 11) is 0. The summed E-state index contributed by atoms with van der Waals surface area (Å²) in [5.41, 5.74) is 8.11. The predicted octanol–water partition coefficient (Wildman–Crippen LogP) is 3.44. The monoisotopic (exact) mass is 338 g/mol. The Bertz CT molecular complexity index is 556. The van der Waals surface area contributed by atoms with Crippen molar-refractivity contribution in [2.75, 3.05) is 24.6 Å². The van der Waals surface area contributed by atoms with E-state index in [4.69, 9.17) is 10.5 Å². The first kappa shape index (κ1) is 18.1. The van der Waals surface area contributed by atoms with Gasteiger partial charge in [-0.25, -0.2) is 0 Å². The summed E-state index contributed by atoms with van der Waals surface area (Å²) in [5.74, 6) is 1.02. The lowest BCUT2D eigenvalue weighted by atomic mass is 9.71. The SMILES string of the molecule is Cc1ccc2c(c1)OCCN2C(=O)CC1(CN)CCCCC1.Cl. The van der Waals surface area contributed by atoms with E-state index in [1.165, 1.54) is 19.3 Å². The van der Waals surface area contributed by atoms with Gasteiger partial charge in [-0.05, 0) is 49.4 Å². The van der Waals surface area contributed by atoms with E-state index in [1.807, 2.05) is 30.0 Å². The van der Waals surface area contributed by atoms with Crippen molar-refractivity contribution in [2.24, 2.45) is 11.1 Å². The van der Waals surface area contributed by atoms with Gasteiger partial charge in [0.15, 0.2) is 0 Å². The molecule has 1 aliphatic heterocycles. The molecule has 1 fully saturated rings. The van der Waals surface area contributed by atoms with Gasteiger partial charge in [-0.15, -0.1) is 12.4 Å². The molecule has 0 saturated heterocycles. The number of rotatable bonds is 3. The molecular formula is C18H27ClN2O2. The number of ether oxygens (including phenoxy) is 1. The van der Waals surface area contributed by atoms with Gasteiger partial charge in [0.05, 0.1) is 12.2 Å². The van der Waals surface area contributed by atoms with Gasteiger partial charge in [0, 0.05) is 6.42 Å². The van der Waals surface area contributed by atoms with E-state index in [-0.39, 0.29) is 23.7 Å². The average molecular weight is 339 g/mol. The quantitative estimate of drug-likeness (QED) is 0.918. The normalized spacial score (nSPS) is 19.3. The Morgan fingerprint density at radius 1 is 1.30 bits per heavy atom. The molecule has 5 heteroatoms. The summed E-state index contributed by atoms with van der Waals surface area (Å²) in [4.78, 5) is 14.8. The Morgan fingerprint density at radius 2 is 2.04 bits per heavy atom. The molecule has 3 rings (SSSR count). The van der Waals surface area contributed by atoms with Gasteiger partial charge in [-0.2, -0.15) is 0 Å². The largest absolute Gasteiger partial charge is 0.490 e. The summed E-state index contributed by atoms with van der Waals surface area (Å²) in [6, 6.07) is 6.04. The van der Waals surface area contributed by atoms with Crippen LogP contribution < -0.4 is 15.4 Å². The molecule has 1 amide bonds. The van der Waals surface area contributed by atoms with E-state index in [0.717, 1.165) is 29.8 Å². The van der Waals surface area contributed by atoms with Crippen LogP contribution in [0.1, 0.15) is 44.1 Å². The second-order valence-electron chi connectivity index (χ2n) is 6.81. The molecule has 0 unspecified atom stereocenters. The summed E-state index contributed by atoms with van der Waals surface area (Å²) in [6.07, 6.45) is 6.40. The van der Waals surface area contributed by atoms with E-state index < -0.39 is 0 Å². The second kappa shape index (κ2) is 7.54. The smallest absolute Gasteiger partial charge is 0.227 e. The molecule has 0 aromatic heterocycles. The number of anilines is 1. The van der Waals surface area contributed by atoms with E-state index in [9.17, 15) is 4.79 Å². The molecule has 1 aromatic rings. The zero-order chi connectivity index (χ0) is 15.6. The Hall–Kier alpha value is -1.26. The van der Waals surface area contributed by atoms with Crippen LogP contribution in [-0.4, -0.2) is 25.6 Å². The molecule has 4 nitrogen and oxygen atoms in total. The minimum atomic E-state index is 0. The lowest BCUT2D eigenvalue weighted by Gasteiger charge is -2.38. The third kappa shape index (κ3) is 3.81. The molecule has 0 radical (unpaired) electrons. The maximum Gasteiger partial charge on any atom is 0.227 e. The van der Waals surface area contributed by atoms with Crippen LogP contribution in [0.3, 0.4) is 0 Å². The highest BCUT2D eigenvalue weighted by atomic mass is 35.5. The molecule has 128 valence electrons. The van der Waals surface area contributed by atoms with Gasteiger partial charge < -0.3 is 15.4 Å². The number of nitrogens with two attached hydrogens (primary N) is 1. The van der Waals surface area contributed by atoms with Crippen LogP contribution in [0.5, 0.6) is 5.75 Å². The molecule has 2 N–H and O–H groups in total. The highest BCUT2D eigenvalue weighted by Gasteiger charge is 2.35. The first-order valence-electron chi connectivity index (χ1n) is 8.37. The highest BCUT2D eigenvalue weighted by Crippen LogP contribution is 2.40. The van der Waals surface area contributed by atoms with Gasteiger partial charge >= 0.3 is 0 Å². The highest BCUT2D eigenvalue weighted by molar-refractivity contribution is 5.95. The summed E-state index contributed by atoms with van der Waals surface area (Å²) in [6.45, 7) is 3.85. The van der Waals surface area contributed by atoms with E-state index in [1.54, 1.807) is 0 Å². The fourth-order valence-corrected chi connectivity index (χ4v) is 3.76. The molecule has 0 atom stereocenters. The van der Waals surface area contributed by atoms with Crippen LogP contribution in [0.4, 0.5) is 5.69 Å². The topological polar surface area (TPSA) is 55.6 Å². The van der Waals surface area contributed by atoms with Gasteiger partial charge in [0.25, 0.3) is 0 Å². The Kier molecular flexibility index (Phi) is 5.93. The molecule has 23 heavy (non-hydrogen) atoms. The standard InChI is InChI=1S/C18H26N2O2.ClH/c1-14-5-6-15-16(11-14)22-10-9-20(15)17(21)12-18(13-19)7-3-2-4-8-18;/h5-6,11H,2-4,7-10,12-13,19H2,1H3;1H. The number of aryl methyl sites for hydroxylation is 1. The summed E-state index contributed by atoms with van der Waals surface area (Å²) < 4.78 is 5.71. The van der Waals surface area contributed by atoms with Gasteiger partial charge in [-0.3, -0.25) is 4.79 Å². The third-order valence-corrected chi connectivity index (χ3v) is 5.15. The van der Waals surface area contributed by atoms with Crippen LogP contribution in [0.2, 0.25) is 0 Å². The number of halogens is 1. The van der Waals surface area contributed by atoms with Crippen molar-refractivity contribution in [3.8, 4) is 5.75 Å². The van der Waals surface area contributed by atoms with Crippen molar-refractivity contribution in [1.29, 1.82) is 0 Å². The Morgan fingerprint density at radius 3 is 2.74 bits per heavy atom. The van der Waals surface area contributed by atoms with E-state index in [2.05, 4.69) is 0 Å². The van der Waals surface area contributed by atoms with E-state index >= 15 is 0 Å².